The van der Waals surface area contributed by atoms with E-state index in [2.05, 4.69) is 21.7 Å². The number of allylic oxidation sites excluding steroid dienone is 1. The number of aromatic nitrogens is 3. The predicted octanol–water partition coefficient (Wildman–Crippen LogP) is 4.40. The summed E-state index contributed by atoms with van der Waals surface area (Å²) in [4.78, 5) is 15.2. The number of hydrogen-bond acceptors (Lipinski definition) is 4. The molecule has 0 bridgehead atoms. The number of benzene rings is 1. The van der Waals surface area contributed by atoms with Crippen molar-refractivity contribution >= 4 is 17.7 Å². The molecule has 1 saturated heterocycles. The van der Waals surface area contributed by atoms with Crippen LogP contribution in [-0.4, -0.2) is 43.9 Å². The van der Waals surface area contributed by atoms with Gasteiger partial charge in [-0.25, -0.2) is 0 Å². The molecule has 6 heteroatoms. The van der Waals surface area contributed by atoms with Gasteiger partial charge in [0.05, 0.1) is 5.75 Å². The molecule has 28 heavy (non-hydrogen) atoms. The standard InChI is InChI=1S/C22H28N4OS/c1-2-14-26-21(18-10-4-3-5-11-18)23-24-22(26)28-16-20(27)25-15-8-12-17-9-6-7-13-19(17)25/h2-5,10-11,17,19H,1,6-9,12-16H2/t17-,19+/m0/s1. The minimum absolute atomic E-state index is 0.246. The fourth-order valence-corrected chi connectivity index (χ4v) is 5.47. The van der Waals surface area contributed by atoms with Crippen LogP contribution in [0.4, 0.5) is 0 Å². The molecule has 0 radical (unpaired) electrons. The number of likely N-dealkylation sites (tertiary alicyclic amines) is 1. The number of carbonyl (C=O) groups excluding carboxylic acids is 1. The van der Waals surface area contributed by atoms with E-state index in [1.54, 1.807) is 0 Å². The van der Waals surface area contributed by atoms with E-state index < -0.39 is 0 Å². The zero-order valence-corrected chi connectivity index (χ0v) is 17.1. The number of amides is 1. The van der Waals surface area contributed by atoms with Crippen molar-refractivity contribution in [2.75, 3.05) is 12.3 Å². The lowest BCUT2D eigenvalue weighted by molar-refractivity contribution is -0.134. The Morgan fingerprint density at radius 1 is 1.14 bits per heavy atom. The average molecular weight is 397 g/mol. The van der Waals surface area contributed by atoms with E-state index in [1.807, 2.05) is 41.0 Å². The number of piperidine rings is 1. The summed E-state index contributed by atoms with van der Waals surface area (Å²) in [5, 5.41) is 9.53. The number of carbonyl (C=O) groups is 1. The maximum Gasteiger partial charge on any atom is 0.233 e. The van der Waals surface area contributed by atoms with E-state index in [0.717, 1.165) is 29.5 Å². The lowest BCUT2D eigenvalue weighted by Gasteiger charge is -2.44. The molecule has 1 aliphatic heterocycles. The molecule has 2 fully saturated rings. The van der Waals surface area contributed by atoms with Gasteiger partial charge in [-0.3, -0.25) is 9.36 Å². The highest BCUT2D eigenvalue weighted by Gasteiger charge is 2.35. The van der Waals surface area contributed by atoms with Crippen LogP contribution < -0.4 is 0 Å². The first kappa shape index (κ1) is 19.2. The van der Waals surface area contributed by atoms with Crippen LogP contribution in [0.1, 0.15) is 38.5 Å². The molecule has 1 saturated carbocycles. The van der Waals surface area contributed by atoms with Crippen LogP contribution in [0.25, 0.3) is 11.4 Å². The molecule has 1 aromatic carbocycles. The summed E-state index contributed by atoms with van der Waals surface area (Å²) in [7, 11) is 0. The summed E-state index contributed by atoms with van der Waals surface area (Å²) in [6, 6.07) is 10.5. The van der Waals surface area contributed by atoms with Gasteiger partial charge in [-0.1, -0.05) is 61.0 Å². The molecule has 2 heterocycles. The van der Waals surface area contributed by atoms with E-state index in [0.29, 0.717) is 24.3 Å². The van der Waals surface area contributed by atoms with Crippen LogP contribution in [0.15, 0.2) is 48.1 Å². The van der Waals surface area contributed by atoms with Crippen LogP contribution in [-0.2, 0) is 11.3 Å². The smallest absolute Gasteiger partial charge is 0.233 e. The highest BCUT2D eigenvalue weighted by atomic mass is 32.2. The maximum absolute atomic E-state index is 13.0. The summed E-state index contributed by atoms with van der Waals surface area (Å²) >= 11 is 1.49. The first-order chi connectivity index (χ1) is 13.8. The second-order valence-electron chi connectivity index (χ2n) is 7.70. The van der Waals surface area contributed by atoms with Crippen LogP contribution >= 0.6 is 11.8 Å². The SMILES string of the molecule is C=CCn1c(SCC(=O)N2CCC[C@@H]3CCCC[C@H]32)nnc1-c1ccccc1. The number of hydrogen-bond donors (Lipinski definition) is 0. The van der Waals surface area contributed by atoms with E-state index in [4.69, 9.17) is 0 Å². The number of nitrogens with zero attached hydrogens (tertiary/aromatic N) is 4. The summed E-state index contributed by atoms with van der Waals surface area (Å²) in [6.07, 6.45) is 9.32. The number of rotatable bonds is 6. The minimum atomic E-state index is 0.246. The lowest BCUT2D eigenvalue weighted by atomic mass is 9.78. The molecule has 4 rings (SSSR count). The maximum atomic E-state index is 13.0. The molecule has 1 amide bonds. The van der Waals surface area contributed by atoms with Gasteiger partial charge in [-0.05, 0) is 31.6 Å². The fraction of sp³-hybridized carbons (Fsp3) is 0.500. The Hall–Kier alpha value is -2.08. The highest BCUT2D eigenvalue weighted by molar-refractivity contribution is 7.99. The van der Waals surface area contributed by atoms with Crippen LogP contribution in [0.2, 0.25) is 0 Å². The normalized spacial score (nSPS) is 21.9. The van der Waals surface area contributed by atoms with Crippen molar-refractivity contribution in [2.24, 2.45) is 5.92 Å². The molecule has 0 N–H and O–H groups in total. The van der Waals surface area contributed by atoms with Gasteiger partial charge in [0.25, 0.3) is 0 Å². The average Bonchev–Trinajstić information content (AvgIpc) is 3.15. The van der Waals surface area contributed by atoms with Gasteiger partial charge in [-0.15, -0.1) is 16.8 Å². The third kappa shape index (κ3) is 4.02. The van der Waals surface area contributed by atoms with Crippen molar-refractivity contribution in [1.29, 1.82) is 0 Å². The summed E-state index contributed by atoms with van der Waals surface area (Å²) in [5.41, 5.74) is 1.02. The van der Waals surface area contributed by atoms with Gasteiger partial charge in [0.1, 0.15) is 0 Å². The molecule has 0 unspecified atom stereocenters. The lowest BCUT2D eigenvalue weighted by Crippen LogP contribution is -2.50. The molecule has 0 spiro atoms. The number of thioether (sulfide) groups is 1. The zero-order chi connectivity index (χ0) is 19.3. The Balaban J connectivity index is 1.46. The summed E-state index contributed by atoms with van der Waals surface area (Å²) < 4.78 is 2.04. The Kier molecular flexibility index (Phi) is 6.15. The number of fused-ring (bicyclic) bond motifs is 1. The molecule has 2 atom stereocenters. The van der Waals surface area contributed by atoms with Crippen LogP contribution in [0.5, 0.6) is 0 Å². The monoisotopic (exact) mass is 396 g/mol. The highest BCUT2D eigenvalue weighted by Crippen LogP contribution is 2.35. The van der Waals surface area contributed by atoms with Gasteiger partial charge >= 0.3 is 0 Å². The van der Waals surface area contributed by atoms with Gasteiger partial charge in [-0.2, -0.15) is 0 Å². The van der Waals surface area contributed by atoms with Crippen molar-refractivity contribution in [3.05, 3.63) is 43.0 Å². The molecule has 2 aliphatic rings. The Morgan fingerprint density at radius 3 is 2.75 bits per heavy atom. The quantitative estimate of drug-likeness (QED) is 0.536. The Labute approximate surface area is 171 Å². The van der Waals surface area contributed by atoms with E-state index >= 15 is 0 Å². The van der Waals surface area contributed by atoms with Crippen molar-refractivity contribution in [1.82, 2.24) is 19.7 Å². The zero-order valence-electron chi connectivity index (χ0n) is 16.3. The van der Waals surface area contributed by atoms with Crippen molar-refractivity contribution in [3.8, 4) is 11.4 Å². The van der Waals surface area contributed by atoms with Crippen LogP contribution in [0.3, 0.4) is 0 Å². The molecular formula is C22H28N4OS. The third-order valence-electron chi connectivity index (χ3n) is 5.95. The topological polar surface area (TPSA) is 51.0 Å². The van der Waals surface area contributed by atoms with Gasteiger partial charge in [0, 0.05) is 24.7 Å². The van der Waals surface area contributed by atoms with Gasteiger partial charge in [0.2, 0.25) is 5.91 Å². The second-order valence-corrected chi connectivity index (χ2v) is 8.64. The Bertz CT molecular complexity index is 817. The van der Waals surface area contributed by atoms with Crippen molar-refractivity contribution in [2.45, 2.75) is 56.3 Å². The third-order valence-corrected chi connectivity index (χ3v) is 6.90. The van der Waals surface area contributed by atoms with Crippen molar-refractivity contribution < 1.29 is 4.79 Å². The largest absolute Gasteiger partial charge is 0.339 e. The minimum Gasteiger partial charge on any atom is -0.339 e. The van der Waals surface area contributed by atoms with E-state index in [9.17, 15) is 4.79 Å². The van der Waals surface area contributed by atoms with Gasteiger partial charge in [0.15, 0.2) is 11.0 Å². The molecule has 1 aliphatic carbocycles. The molecule has 2 aromatic rings. The van der Waals surface area contributed by atoms with E-state index in [1.165, 1.54) is 43.9 Å². The predicted molar refractivity (Wildman–Crippen MR) is 113 cm³/mol. The molecule has 1 aromatic heterocycles. The van der Waals surface area contributed by atoms with E-state index in [-0.39, 0.29) is 5.91 Å². The van der Waals surface area contributed by atoms with Gasteiger partial charge < -0.3 is 4.90 Å². The summed E-state index contributed by atoms with van der Waals surface area (Å²) in [5.74, 6) is 2.20. The first-order valence-corrected chi connectivity index (χ1v) is 11.3. The first-order valence-electron chi connectivity index (χ1n) is 10.3. The van der Waals surface area contributed by atoms with Crippen LogP contribution in [0, 0.1) is 5.92 Å². The Morgan fingerprint density at radius 2 is 1.93 bits per heavy atom. The van der Waals surface area contributed by atoms with Crippen molar-refractivity contribution in [3.63, 3.8) is 0 Å². The summed E-state index contributed by atoms with van der Waals surface area (Å²) in [6.45, 7) is 5.40. The molecule has 5 nitrogen and oxygen atoms in total. The second kappa shape index (κ2) is 8.95. The molecular weight excluding hydrogens is 368 g/mol. The molecule has 148 valence electrons. The fourth-order valence-electron chi connectivity index (χ4n) is 4.63.